The minimum atomic E-state index is 0.0542. The average molecular weight is 235 g/mol. The second kappa shape index (κ2) is 3.16. The molecule has 0 fully saturated rings. The van der Waals surface area contributed by atoms with Crippen molar-refractivity contribution in [2.24, 2.45) is 0 Å². The number of fused-ring (bicyclic) bond motifs is 1. The van der Waals surface area contributed by atoms with Gasteiger partial charge in [0, 0.05) is 12.0 Å². The summed E-state index contributed by atoms with van der Waals surface area (Å²) in [6, 6.07) is 1.52. The van der Waals surface area contributed by atoms with E-state index in [2.05, 4.69) is 0 Å². The normalized spacial score (nSPS) is 14.8. The van der Waals surface area contributed by atoms with Crippen LogP contribution >= 0.6 is 34.8 Å². The summed E-state index contributed by atoms with van der Waals surface area (Å²) in [6.07, 6.45) is 1.13. The van der Waals surface area contributed by atoms with Crippen LogP contribution in [0.4, 0.5) is 0 Å². The topological polar surface area (TPSA) is 17.1 Å². The largest absolute Gasteiger partial charge is 0.294 e. The van der Waals surface area contributed by atoms with Gasteiger partial charge in [-0.25, -0.2) is 0 Å². The Bertz CT molecular complexity index is 398. The molecule has 1 nitrogen and oxygen atoms in total. The van der Waals surface area contributed by atoms with Crippen molar-refractivity contribution in [3.8, 4) is 0 Å². The van der Waals surface area contributed by atoms with Gasteiger partial charge in [0.05, 0.1) is 15.1 Å². The molecular weight excluding hydrogens is 230 g/mol. The van der Waals surface area contributed by atoms with Gasteiger partial charge in [-0.3, -0.25) is 4.79 Å². The molecule has 1 aliphatic carbocycles. The van der Waals surface area contributed by atoms with E-state index in [-0.39, 0.29) is 5.78 Å². The lowest BCUT2D eigenvalue weighted by Crippen LogP contribution is -1.93. The first-order chi connectivity index (χ1) is 6.11. The zero-order chi connectivity index (χ0) is 9.59. The quantitative estimate of drug-likeness (QED) is 0.626. The van der Waals surface area contributed by atoms with E-state index < -0.39 is 0 Å². The van der Waals surface area contributed by atoms with E-state index in [9.17, 15) is 4.79 Å². The third kappa shape index (κ3) is 1.35. The van der Waals surface area contributed by atoms with E-state index >= 15 is 0 Å². The Morgan fingerprint density at radius 1 is 1.08 bits per heavy atom. The summed E-state index contributed by atoms with van der Waals surface area (Å²) in [5.74, 6) is 0.0542. The predicted octanol–water partition coefficient (Wildman–Crippen LogP) is 3.78. The van der Waals surface area contributed by atoms with Crippen LogP contribution in [0, 0.1) is 0 Å². The van der Waals surface area contributed by atoms with Crippen LogP contribution in [0.25, 0.3) is 0 Å². The van der Waals surface area contributed by atoms with Crippen molar-refractivity contribution in [3.05, 3.63) is 32.3 Å². The highest BCUT2D eigenvalue weighted by Crippen LogP contribution is 2.38. The molecule has 0 saturated carbocycles. The first-order valence-electron chi connectivity index (χ1n) is 3.81. The maximum atomic E-state index is 11.4. The minimum Gasteiger partial charge on any atom is -0.294 e. The zero-order valence-electron chi connectivity index (χ0n) is 6.53. The molecule has 0 aromatic heterocycles. The van der Waals surface area contributed by atoms with Crippen LogP contribution in [0.1, 0.15) is 22.3 Å². The molecule has 0 N–H and O–H groups in total. The highest BCUT2D eigenvalue weighted by atomic mass is 35.5. The van der Waals surface area contributed by atoms with Gasteiger partial charge in [0.25, 0.3) is 0 Å². The Hall–Kier alpha value is -0.240. The summed E-state index contributed by atoms with van der Waals surface area (Å²) in [5.41, 5.74) is 1.35. The number of halogens is 3. The lowest BCUT2D eigenvalue weighted by Gasteiger charge is -2.04. The first kappa shape index (κ1) is 9.32. The average Bonchev–Trinajstić information content (AvgIpc) is 2.44. The highest BCUT2D eigenvalue weighted by Gasteiger charge is 2.26. The molecule has 13 heavy (non-hydrogen) atoms. The van der Waals surface area contributed by atoms with Gasteiger partial charge < -0.3 is 0 Å². The molecule has 0 atom stereocenters. The zero-order valence-corrected chi connectivity index (χ0v) is 8.80. The Balaban J connectivity index is 2.76. The molecule has 0 radical (unpaired) electrons. The molecule has 0 saturated heterocycles. The number of hydrogen-bond acceptors (Lipinski definition) is 1. The van der Waals surface area contributed by atoms with Crippen molar-refractivity contribution in [2.45, 2.75) is 12.8 Å². The monoisotopic (exact) mass is 234 g/mol. The van der Waals surface area contributed by atoms with Gasteiger partial charge in [-0.1, -0.05) is 34.8 Å². The Morgan fingerprint density at radius 3 is 2.46 bits per heavy atom. The molecule has 0 aliphatic heterocycles. The third-order valence-electron chi connectivity index (χ3n) is 2.15. The molecule has 68 valence electrons. The summed E-state index contributed by atoms with van der Waals surface area (Å²) in [4.78, 5) is 11.4. The van der Waals surface area contributed by atoms with Crippen molar-refractivity contribution in [1.29, 1.82) is 0 Å². The van der Waals surface area contributed by atoms with Crippen molar-refractivity contribution < 1.29 is 4.79 Å². The predicted molar refractivity (Wildman–Crippen MR) is 54.1 cm³/mol. The number of ketones is 1. The highest BCUT2D eigenvalue weighted by molar-refractivity contribution is 6.45. The molecule has 1 aliphatic rings. The van der Waals surface area contributed by atoms with Crippen LogP contribution in [-0.4, -0.2) is 5.78 Å². The van der Waals surface area contributed by atoms with Crippen LogP contribution in [0.3, 0.4) is 0 Å². The number of rotatable bonds is 0. The van der Waals surface area contributed by atoms with Gasteiger partial charge in [0.2, 0.25) is 0 Å². The van der Waals surface area contributed by atoms with Crippen LogP contribution in [0.2, 0.25) is 15.1 Å². The number of carbonyl (C=O) groups is 1. The van der Waals surface area contributed by atoms with Crippen molar-refractivity contribution in [3.63, 3.8) is 0 Å². The van der Waals surface area contributed by atoms with Crippen LogP contribution in [-0.2, 0) is 6.42 Å². The van der Waals surface area contributed by atoms with Crippen molar-refractivity contribution in [2.75, 3.05) is 0 Å². The van der Waals surface area contributed by atoms with Gasteiger partial charge in [-0.05, 0) is 18.1 Å². The fraction of sp³-hybridized carbons (Fsp3) is 0.222. The van der Waals surface area contributed by atoms with Crippen LogP contribution < -0.4 is 0 Å². The Morgan fingerprint density at radius 2 is 1.77 bits per heavy atom. The van der Waals surface area contributed by atoms with E-state index in [4.69, 9.17) is 34.8 Å². The smallest absolute Gasteiger partial charge is 0.165 e. The van der Waals surface area contributed by atoms with Gasteiger partial charge in [0.15, 0.2) is 5.78 Å². The molecule has 1 aromatic rings. The maximum Gasteiger partial charge on any atom is 0.165 e. The first-order valence-corrected chi connectivity index (χ1v) is 4.94. The van der Waals surface area contributed by atoms with Crippen molar-refractivity contribution in [1.82, 2.24) is 0 Å². The summed E-state index contributed by atoms with van der Waals surface area (Å²) < 4.78 is 0. The van der Waals surface area contributed by atoms with Gasteiger partial charge >= 0.3 is 0 Å². The van der Waals surface area contributed by atoms with E-state index in [1.54, 1.807) is 0 Å². The van der Waals surface area contributed by atoms with Crippen LogP contribution in [0.5, 0.6) is 0 Å². The maximum absolute atomic E-state index is 11.4. The molecule has 0 spiro atoms. The molecule has 0 heterocycles. The van der Waals surface area contributed by atoms with Gasteiger partial charge in [-0.15, -0.1) is 0 Å². The standard InChI is InChI=1S/C9H5Cl3O/c10-5-3-6(11)9(12)4-1-2-7(13)8(4)5/h3H,1-2H2. The Kier molecular flexibility index (Phi) is 2.26. The fourth-order valence-corrected chi connectivity index (χ4v) is 2.40. The second-order valence-corrected chi connectivity index (χ2v) is 4.12. The lowest BCUT2D eigenvalue weighted by molar-refractivity contribution is 0.0994. The molecule has 0 bridgehead atoms. The summed E-state index contributed by atoms with van der Waals surface area (Å²) in [6.45, 7) is 0. The summed E-state index contributed by atoms with van der Waals surface area (Å²) in [7, 11) is 0. The van der Waals surface area contributed by atoms with Crippen LogP contribution in [0.15, 0.2) is 6.07 Å². The lowest BCUT2D eigenvalue weighted by atomic mass is 10.1. The number of carbonyl (C=O) groups excluding carboxylic acids is 1. The fourth-order valence-electron chi connectivity index (χ4n) is 1.54. The Labute approximate surface area is 90.6 Å². The number of Topliss-reactive ketones (excluding diaryl/α,β-unsaturated/α-hetero) is 1. The van der Waals surface area contributed by atoms with E-state index in [0.29, 0.717) is 33.5 Å². The molecule has 0 amide bonds. The molecule has 4 heteroatoms. The SMILES string of the molecule is O=C1CCc2c(Cl)c(Cl)cc(Cl)c21. The molecule has 1 aromatic carbocycles. The number of benzene rings is 1. The molecule has 0 unspecified atom stereocenters. The van der Waals surface area contributed by atoms with E-state index in [1.165, 1.54) is 6.07 Å². The third-order valence-corrected chi connectivity index (χ3v) is 3.27. The van der Waals surface area contributed by atoms with Gasteiger partial charge in [0.1, 0.15) is 0 Å². The number of hydrogen-bond donors (Lipinski definition) is 0. The van der Waals surface area contributed by atoms with E-state index in [0.717, 1.165) is 5.56 Å². The molecular formula is C9H5Cl3O. The van der Waals surface area contributed by atoms with Crippen molar-refractivity contribution >= 4 is 40.6 Å². The molecule has 2 rings (SSSR count). The summed E-state index contributed by atoms with van der Waals surface area (Å²) >= 11 is 17.6. The van der Waals surface area contributed by atoms with Gasteiger partial charge in [-0.2, -0.15) is 0 Å². The van der Waals surface area contributed by atoms with E-state index in [1.807, 2.05) is 0 Å². The minimum absolute atomic E-state index is 0.0542. The second-order valence-electron chi connectivity index (χ2n) is 2.93. The summed E-state index contributed by atoms with van der Waals surface area (Å²) in [5, 5.41) is 1.29.